The molecule has 0 aromatic heterocycles. The number of rotatable bonds is 2. The van der Waals surface area contributed by atoms with Crippen LogP contribution in [-0.4, -0.2) is 0 Å². The Bertz CT molecular complexity index is 1190. The van der Waals surface area contributed by atoms with Crippen molar-refractivity contribution in [1.82, 2.24) is 0 Å². The van der Waals surface area contributed by atoms with Crippen molar-refractivity contribution in [2.45, 2.75) is 164 Å². The van der Waals surface area contributed by atoms with Crippen molar-refractivity contribution in [2.24, 2.45) is 5.92 Å². The predicted molar refractivity (Wildman–Crippen MR) is 228 cm³/mol. The third-order valence-electron chi connectivity index (χ3n) is 8.62. The van der Waals surface area contributed by atoms with E-state index in [1.165, 1.54) is 40.3 Å². The van der Waals surface area contributed by atoms with Crippen LogP contribution in [0.1, 0.15) is 186 Å². The van der Waals surface area contributed by atoms with Gasteiger partial charge in [0.2, 0.25) is 0 Å². The minimum Gasteiger partial charge on any atom is -0.0776 e. The van der Waals surface area contributed by atoms with Gasteiger partial charge in [-0.25, -0.2) is 0 Å². The second-order valence-electron chi connectivity index (χ2n) is 10.8. The third kappa shape index (κ3) is 14.8. The van der Waals surface area contributed by atoms with E-state index in [2.05, 4.69) is 133 Å². The average Bonchev–Trinajstić information content (AvgIpc) is 3.49. The van der Waals surface area contributed by atoms with Crippen LogP contribution < -0.4 is 0 Å². The summed E-state index contributed by atoms with van der Waals surface area (Å²) < 4.78 is 0. The largest absolute Gasteiger partial charge is 0.0776 e. The number of benzene rings is 4. The van der Waals surface area contributed by atoms with Crippen molar-refractivity contribution >= 4 is 10.8 Å². The Labute approximate surface area is 298 Å². The van der Waals surface area contributed by atoms with Gasteiger partial charge in [-0.3, -0.25) is 0 Å². The van der Waals surface area contributed by atoms with Gasteiger partial charge in [0.25, 0.3) is 0 Å². The minimum absolute atomic E-state index is 0. The Morgan fingerprint density at radius 2 is 0.915 bits per heavy atom. The van der Waals surface area contributed by atoms with Gasteiger partial charge in [0, 0.05) is 0 Å². The Kier molecular flexibility index (Phi) is 36.6. The zero-order chi connectivity index (χ0) is 30.9. The summed E-state index contributed by atoms with van der Waals surface area (Å²) in [5.74, 6) is 3.67. The van der Waals surface area contributed by atoms with Crippen molar-refractivity contribution in [2.75, 3.05) is 0 Å². The van der Waals surface area contributed by atoms with Gasteiger partial charge >= 0.3 is 0 Å². The summed E-state index contributed by atoms with van der Waals surface area (Å²) in [4.78, 5) is 0. The van der Waals surface area contributed by atoms with E-state index in [9.17, 15) is 0 Å². The summed E-state index contributed by atoms with van der Waals surface area (Å²) in [7, 11) is 0. The number of hydrogen-bond donors (Lipinski definition) is 0. The van der Waals surface area contributed by atoms with Gasteiger partial charge in [0.05, 0.1) is 0 Å². The molecule has 0 amide bonds. The first-order chi connectivity index (χ1) is 19.9. The molecule has 5 atom stereocenters. The van der Waals surface area contributed by atoms with Crippen LogP contribution in [0.25, 0.3) is 10.8 Å². The summed E-state index contributed by atoms with van der Waals surface area (Å²) in [5.41, 5.74) is 7.65. The van der Waals surface area contributed by atoms with Crippen LogP contribution >= 0.6 is 0 Å². The molecule has 272 valence electrons. The van der Waals surface area contributed by atoms with Crippen LogP contribution in [0.4, 0.5) is 0 Å². The van der Waals surface area contributed by atoms with E-state index in [0.29, 0.717) is 17.8 Å². The smallest absolute Gasteiger partial charge is 0.0114 e. The highest BCUT2D eigenvalue weighted by molar-refractivity contribution is 5.92. The van der Waals surface area contributed by atoms with Crippen LogP contribution in [0.5, 0.6) is 0 Å². The highest BCUT2D eigenvalue weighted by Crippen LogP contribution is 2.45. The number of fused-ring (bicyclic) bond motifs is 1. The zero-order valence-electron chi connectivity index (χ0n) is 28.5. The topological polar surface area (TPSA) is 0 Å². The second kappa shape index (κ2) is 30.5. The molecule has 2 aliphatic rings. The highest BCUT2D eigenvalue weighted by atomic mass is 14.3. The molecule has 0 spiro atoms. The van der Waals surface area contributed by atoms with Gasteiger partial charge in [-0.1, -0.05) is 219 Å². The Morgan fingerprint density at radius 3 is 1.34 bits per heavy atom. The van der Waals surface area contributed by atoms with Gasteiger partial charge < -0.3 is 0 Å². The first kappa shape index (κ1) is 56.5. The van der Waals surface area contributed by atoms with Gasteiger partial charge in [-0.05, 0) is 81.0 Å². The zero-order valence-corrected chi connectivity index (χ0v) is 28.5. The fourth-order valence-corrected chi connectivity index (χ4v) is 5.71. The summed E-state index contributed by atoms with van der Waals surface area (Å²) in [5, 5.41) is 2.91. The molecule has 0 N–H and O–H groups in total. The average molecular weight is 649 g/mol. The third-order valence-corrected chi connectivity index (χ3v) is 8.62. The normalized spacial score (nSPS) is 17.1. The van der Waals surface area contributed by atoms with E-state index in [1.54, 1.807) is 11.1 Å². The van der Waals surface area contributed by atoms with Crippen molar-refractivity contribution < 1.29 is 0 Å². The van der Waals surface area contributed by atoms with Crippen molar-refractivity contribution in [3.05, 3.63) is 119 Å². The minimum atomic E-state index is 0. The SMILES string of the molecule is C.C.C.C.C.C.CC.CC.CC.CC1Cc2ccccc2C1C.CC1c2cccc3cccc(c23)C1C.CCC(C)c1ccccc1. The predicted octanol–water partition coefficient (Wildman–Crippen LogP) is 17.1. The van der Waals surface area contributed by atoms with Crippen LogP contribution in [0.2, 0.25) is 0 Å². The molecule has 0 saturated carbocycles. The van der Waals surface area contributed by atoms with Crippen LogP contribution in [0.15, 0.2) is 91.0 Å². The molecular formula is C47H84. The lowest BCUT2D eigenvalue weighted by Gasteiger charge is -2.10. The molecule has 0 radical (unpaired) electrons. The molecule has 6 rings (SSSR count). The molecule has 0 saturated heterocycles. The first-order valence-electron chi connectivity index (χ1n) is 16.6. The van der Waals surface area contributed by atoms with Crippen molar-refractivity contribution in [1.29, 1.82) is 0 Å². The van der Waals surface area contributed by atoms with E-state index < -0.39 is 0 Å². The standard InChI is InChI=1S/C14H14.C11H14.C10H14.3C2H6.6CH4/c1-9-10(2)13-8-4-6-11-5-3-7-12(9)14(11)13;1-8-7-10-5-3-4-6-11(10)9(8)2;1-3-9(2)10-7-5-4-6-8-10;3*1-2;;;;;;/h3-10H,1-2H3;3-6,8-9H,7H2,1-2H3;4-9H,3H2,1-2H3;3*1-2H3;6*1H4. The molecule has 0 heteroatoms. The van der Waals surface area contributed by atoms with E-state index in [4.69, 9.17) is 0 Å². The maximum absolute atomic E-state index is 2.34. The highest BCUT2D eigenvalue weighted by Gasteiger charge is 2.27. The van der Waals surface area contributed by atoms with E-state index >= 15 is 0 Å². The van der Waals surface area contributed by atoms with Crippen molar-refractivity contribution in [3.63, 3.8) is 0 Å². The molecule has 47 heavy (non-hydrogen) atoms. The molecule has 4 aromatic carbocycles. The Hall–Kier alpha value is -2.86. The molecule has 0 bridgehead atoms. The van der Waals surface area contributed by atoms with Crippen molar-refractivity contribution in [3.8, 4) is 0 Å². The monoisotopic (exact) mass is 649 g/mol. The number of hydrogen-bond acceptors (Lipinski definition) is 0. The quantitative estimate of drug-likeness (QED) is 0.203. The van der Waals surface area contributed by atoms with Gasteiger partial charge in [0.1, 0.15) is 0 Å². The second-order valence-corrected chi connectivity index (χ2v) is 10.8. The molecule has 0 nitrogen and oxygen atoms in total. The van der Waals surface area contributed by atoms with Gasteiger partial charge in [-0.2, -0.15) is 0 Å². The van der Waals surface area contributed by atoms with E-state index in [0.717, 1.165) is 11.8 Å². The summed E-state index contributed by atoms with van der Waals surface area (Å²) in [6.45, 7) is 25.8. The lowest BCUT2D eigenvalue weighted by Crippen LogP contribution is -1.97. The summed E-state index contributed by atoms with van der Waals surface area (Å²) >= 11 is 0. The van der Waals surface area contributed by atoms with E-state index in [-0.39, 0.29) is 44.6 Å². The fraction of sp³-hybridized carbons (Fsp3) is 0.532. The molecule has 4 aromatic rings. The summed E-state index contributed by atoms with van der Waals surface area (Å²) in [6.07, 6.45) is 2.50. The summed E-state index contributed by atoms with van der Waals surface area (Å²) in [6, 6.07) is 32.8. The maximum atomic E-state index is 2.34. The van der Waals surface area contributed by atoms with Crippen LogP contribution in [-0.2, 0) is 6.42 Å². The molecular weight excluding hydrogens is 565 g/mol. The van der Waals surface area contributed by atoms with Gasteiger partial charge in [0.15, 0.2) is 0 Å². The van der Waals surface area contributed by atoms with Crippen LogP contribution in [0.3, 0.4) is 0 Å². The molecule has 2 aliphatic carbocycles. The molecule has 0 fully saturated rings. The maximum Gasteiger partial charge on any atom is -0.0114 e. The molecule has 0 aliphatic heterocycles. The molecule has 0 heterocycles. The fourth-order valence-electron chi connectivity index (χ4n) is 5.71. The Balaban J connectivity index is -0.000000118. The lowest BCUT2D eigenvalue weighted by molar-refractivity contribution is 0.532. The molecule has 5 unspecified atom stereocenters. The first-order valence-corrected chi connectivity index (χ1v) is 16.6. The van der Waals surface area contributed by atoms with E-state index in [1.807, 2.05) is 41.5 Å². The van der Waals surface area contributed by atoms with Gasteiger partial charge in [-0.15, -0.1) is 0 Å². The lowest BCUT2D eigenvalue weighted by atomic mass is 9.94. The van der Waals surface area contributed by atoms with Crippen LogP contribution in [0, 0.1) is 5.92 Å². The Morgan fingerprint density at radius 1 is 0.511 bits per heavy atom.